The van der Waals surface area contributed by atoms with Crippen LogP contribution in [0.15, 0.2) is 35.7 Å². The van der Waals surface area contributed by atoms with Crippen LogP contribution in [0.2, 0.25) is 0 Å². The zero-order valence-corrected chi connectivity index (χ0v) is 32.7. The molecular formula is C38H48N6O7S2. The fraction of sp³-hybridized carbons (Fsp3) is 0.553. The van der Waals surface area contributed by atoms with Crippen molar-refractivity contribution in [3.8, 4) is 22.2 Å². The first kappa shape index (κ1) is 37.1. The molecule has 2 aliphatic heterocycles. The number of sulfonamides is 1. The van der Waals surface area contributed by atoms with E-state index in [1.54, 1.807) is 26.0 Å². The molecule has 2 aromatic heterocycles. The fourth-order valence-electron chi connectivity index (χ4n) is 7.22. The molecule has 0 radical (unpaired) electrons. The SMILES string of the molecule is COc1ccc2c(OC[C@@H]3C[C@H]4C(=O)N(C)CCCC/C=C\[C@H]5C[C@]5(C(=O)NS(=O)(=O)C5(C)CC5)NC(=O)N34)cc(-c3nc(C(C)C)cs3)nc2c1C. The minimum absolute atomic E-state index is 0.0644. The molecule has 2 aliphatic carbocycles. The number of methoxy groups -OCH3 is 1. The van der Waals surface area contributed by atoms with Gasteiger partial charge in [-0.05, 0) is 70.4 Å². The van der Waals surface area contributed by atoms with Crippen molar-refractivity contribution in [3.05, 3.63) is 47.0 Å². The summed E-state index contributed by atoms with van der Waals surface area (Å²) in [4.78, 5) is 54.7. The van der Waals surface area contributed by atoms with Crippen LogP contribution in [0, 0.1) is 12.8 Å². The number of aromatic nitrogens is 2. The third kappa shape index (κ3) is 6.86. The van der Waals surface area contributed by atoms with E-state index in [0.717, 1.165) is 40.9 Å². The van der Waals surface area contributed by atoms with Gasteiger partial charge in [0.2, 0.25) is 15.9 Å². The van der Waals surface area contributed by atoms with Crippen LogP contribution in [0.3, 0.4) is 0 Å². The number of nitrogens with one attached hydrogen (secondary N) is 2. The summed E-state index contributed by atoms with van der Waals surface area (Å²) >= 11 is 1.51. The van der Waals surface area contributed by atoms with Crippen LogP contribution in [-0.4, -0.2) is 95.7 Å². The number of hydrogen-bond acceptors (Lipinski definition) is 10. The van der Waals surface area contributed by atoms with Crippen molar-refractivity contribution >= 4 is 50.1 Å². The molecule has 0 bridgehead atoms. The van der Waals surface area contributed by atoms with Crippen molar-refractivity contribution in [1.29, 1.82) is 0 Å². The summed E-state index contributed by atoms with van der Waals surface area (Å²) in [6, 6.07) is 3.73. The number of allylic oxidation sites excluding steroid dienone is 1. The molecule has 0 spiro atoms. The summed E-state index contributed by atoms with van der Waals surface area (Å²) < 4.78 is 39.6. The molecule has 2 saturated carbocycles. The van der Waals surface area contributed by atoms with E-state index < -0.39 is 44.3 Å². The molecule has 284 valence electrons. The highest BCUT2D eigenvalue weighted by molar-refractivity contribution is 7.91. The number of rotatable bonds is 9. The molecule has 3 aromatic rings. The lowest BCUT2D eigenvalue weighted by molar-refractivity contribution is -0.142. The van der Waals surface area contributed by atoms with Crippen molar-refractivity contribution in [1.82, 2.24) is 29.8 Å². The maximum atomic E-state index is 14.3. The number of pyridine rings is 1. The number of amides is 4. The van der Waals surface area contributed by atoms with E-state index in [1.165, 1.54) is 16.2 Å². The first-order valence-electron chi connectivity index (χ1n) is 18.3. The Balaban J connectivity index is 1.18. The van der Waals surface area contributed by atoms with Gasteiger partial charge in [0.05, 0.1) is 29.1 Å². The van der Waals surface area contributed by atoms with Crippen molar-refractivity contribution in [3.63, 3.8) is 0 Å². The van der Waals surface area contributed by atoms with Crippen LogP contribution in [0.1, 0.15) is 82.9 Å². The normalized spacial score (nSPS) is 26.1. The summed E-state index contributed by atoms with van der Waals surface area (Å²) in [5, 5.41) is 6.45. The summed E-state index contributed by atoms with van der Waals surface area (Å²) in [5.74, 6) is 0.167. The summed E-state index contributed by atoms with van der Waals surface area (Å²) in [5.41, 5.74) is 1.72. The topological polar surface area (TPSA) is 160 Å². The van der Waals surface area contributed by atoms with Crippen LogP contribution in [0.5, 0.6) is 11.5 Å². The first-order chi connectivity index (χ1) is 25.2. The average molecular weight is 765 g/mol. The van der Waals surface area contributed by atoms with Gasteiger partial charge in [-0.3, -0.25) is 14.3 Å². The maximum Gasteiger partial charge on any atom is 0.319 e. The van der Waals surface area contributed by atoms with E-state index >= 15 is 0 Å². The number of nitrogens with zero attached hydrogens (tertiary/aromatic N) is 4. The Bertz CT molecular complexity index is 2090. The maximum absolute atomic E-state index is 14.3. The Morgan fingerprint density at radius 2 is 1.94 bits per heavy atom. The number of fused-ring (bicyclic) bond motifs is 3. The molecule has 0 unspecified atom stereocenters. The van der Waals surface area contributed by atoms with E-state index in [4.69, 9.17) is 19.4 Å². The Morgan fingerprint density at radius 1 is 1.17 bits per heavy atom. The molecule has 13 nitrogen and oxygen atoms in total. The number of hydrogen-bond donors (Lipinski definition) is 2. The van der Waals surface area contributed by atoms with Gasteiger partial charge in [0.15, 0.2) is 0 Å². The van der Waals surface area contributed by atoms with Gasteiger partial charge in [0.1, 0.15) is 40.4 Å². The van der Waals surface area contributed by atoms with Crippen molar-refractivity contribution in [2.75, 3.05) is 27.3 Å². The minimum Gasteiger partial charge on any atom is -0.496 e. The van der Waals surface area contributed by atoms with Crippen LogP contribution in [-0.2, 0) is 19.6 Å². The number of carbonyl (C=O) groups excluding carboxylic acids is 3. The molecule has 7 rings (SSSR count). The predicted octanol–water partition coefficient (Wildman–Crippen LogP) is 5.29. The molecular weight excluding hydrogens is 717 g/mol. The number of likely N-dealkylation sites (N-methyl/N-ethyl adjacent to an activating group) is 1. The van der Waals surface area contributed by atoms with Crippen LogP contribution < -0.4 is 19.5 Å². The van der Waals surface area contributed by atoms with Gasteiger partial charge >= 0.3 is 6.03 Å². The Morgan fingerprint density at radius 3 is 2.64 bits per heavy atom. The molecule has 4 aliphatic rings. The van der Waals surface area contributed by atoms with Crippen molar-refractivity contribution < 1.29 is 32.3 Å². The van der Waals surface area contributed by atoms with E-state index in [-0.39, 0.29) is 30.8 Å². The second kappa shape index (κ2) is 13.9. The summed E-state index contributed by atoms with van der Waals surface area (Å²) in [6.45, 7) is 8.35. The van der Waals surface area contributed by atoms with E-state index in [1.807, 2.05) is 42.7 Å². The van der Waals surface area contributed by atoms with Gasteiger partial charge in [0, 0.05) is 48.3 Å². The second-order valence-electron chi connectivity index (χ2n) is 15.4. The Labute approximate surface area is 314 Å². The zero-order chi connectivity index (χ0) is 37.9. The molecule has 1 aromatic carbocycles. The monoisotopic (exact) mass is 764 g/mol. The number of urea groups is 1. The molecule has 15 heteroatoms. The number of benzene rings is 1. The minimum atomic E-state index is -3.94. The molecule has 4 heterocycles. The number of aryl methyl sites for hydroxylation is 1. The highest BCUT2D eigenvalue weighted by atomic mass is 32.2. The van der Waals surface area contributed by atoms with Gasteiger partial charge in [-0.2, -0.15) is 0 Å². The highest BCUT2D eigenvalue weighted by Gasteiger charge is 2.63. The van der Waals surface area contributed by atoms with E-state index in [0.29, 0.717) is 48.5 Å². The van der Waals surface area contributed by atoms with Gasteiger partial charge < -0.3 is 24.6 Å². The standard InChI is InChI=1S/C38H48N6O7S2/c1-22(2)28-21-52-33(40-28)27-18-31(26-12-13-30(50-6)23(3)32(26)39-27)51-20-25-17-29-34(45)43(5)16-10-8-7-9-11-24-19-38(24,41-36(47)44(25)29)35(46)42-53(48,49)37(4)14-15-37/h9,11-13,18,21-22,24-25,29H,7-8,10,14-17,19-20H2,1-6H3,(H,41,47)(H,42,46)/b11-9-/t24-,25-,29-,38-/m0/s1. The Kier molecular flexibility index (Phi) is 9.71. The second-order valence-corrected chi connectivity index (χ2v) is 18.5. The van der Waals surface area contributed by atoms with Crippen LogP contribution >= 0.6 is 11.3 Å². The van der Waals surface area contributed by atoms with Gasteiger partial charge in [-0.15, -0.1) is 11.3 Å². The predicted molar refractivity (Wildman–Crippen MR) is 202 cm³/mol. The summed E-state index contributed by atoms with van der Waals surface area (Å²) in [6.07, 6.45) is 7.79. The molecule has 53 heavy (non-hydrogen) atoms. The Hall–Kier alpha value is -4.24. The molecule has 1 saturated heterocycles. The zero-order valence-electron chi connectivity index (χ0n) is 31.1. The quantitative estimate of drug-likeness (QED) is 0.276. The van der Waals surface area contributed by atoms with Gasteiger partial charge in [-0.1, -0.05) is 26.0 Å². The first-order valence-corrected chi connectivity index (χ1v) is 20.7. The third-order valence-corrected chi connectivity index (χ3v) is 14.4. The number of carbonyl (C=O) groups is 3. The van der Waals surface area contributed by atoms with Crippen molar-refractivity contribution in [2.45, 2.75) is 101 Å². The lowest BCUT2D eigenvalue weighted by Gasteiger charge is -2.48. The van der Waals surface area contributed by atoms with Crippen LogP contribution in [0.4, 0.5) is 4.79 Å². The van der Waals surface area contributed by atoms with E-state index in [2.05, 4.69) is 23.9 Å². The number of ether oxygens (including phenoxy) is 2. The van der Waals surface area contributed by atoms with Gasteiger partial charge in [0.25, 0.3) is 5.91 Å². The lowest BCUT2D eigenvalue weighted by Crippen LogP contribution is -2.69. The van der Waals surface area contributed by atoms with Gasteiger partial charge in [-0.25, -0.2) is 23.2 Å². The van der Waals surface area contributed by atoms with E-state index in [9.17, 15) is 22.8 Å². The fourth-order valence-corrected chi connectivity index (χ4v) is 9.47. The summed E-state index contributed by atoms with van der Waals surface area (Å²) in [7, 11) is -0.586. The largest absolute Gasteiger partial charge is 0.496 e. The molecule has 4 amide bonds. The number of thiazole rings is 1. The highest BCUT2D eigenvalue weighted by Crippen LogP contribution is 2.48. The molecule has 3 fully saturated rings. The smallest absolute Gasteiger partial charge is 0.319 e. The lowest BCUT2D eigenvalue weighted by atomic mass is 9.92. The third-order valence-electron chi connectivity index (χ3n) is 11.3. The van der Waals surface area contributed by atoms with Crippen molar-refractivity contribution in [2.24, 2.45) is 5.92 Å². The molecule has 4 atom stereocenters. The molecule has 2 N–H and O–H groups in total. The average Bonchev–Trinajstić information content (AvgIpc) is 3.96. The van der Waals surface area contributed by atoms with Crippen LogP contribution in [0.25, 0.3) is 21.6 Å².